The third-order valence-electron chi connectivity index (χ3n) is 4.66. The van der Waals surface area contributed by atoms with Crippen LogP contribution in [-0.4, -0.2) is 7.11 Å². The number of halogens is 2. The number of alkyl halides is 1. The highest BCUT2D eigenvalue weighted by molar-refractivity contribution is 9.10. The maximum atomic E-state index is 5.69. The lowest BCUT2D eigenvalue weighted by molar-refractivity contribution is 0.284. The Hall–Kier alpha value is -0.0200. The second-order valence-corrected chi connectivity index (χ2v) is 8.01. The molecule has 2 rings (SSSR count). The lowest BCUT2D eigenvalue weighted by Gasteiger charge is -2.32. The minimum Gasteiger partial charge on any atom is -0.496 e. The summed E-state index contributed by atoms with van der Waals surface area (Å²) in [6.45, 7) is 6.67. The fraction of sp³-hybridized carbons (Fsp3) is 0.647. The van der Waals surface area contributed by atoms with E-state index in [1.165, 1.54) is 46.8 Å². The van der Waals surface area contributed by atoms with Gasteiger partial charge in [-0.15, -0.1) is 0 Å². The molecular weight excluding hydrogens is 380 g/mol. The number of hydrogen-bond donors (Lipinski definition) is 0. The highest BCUT2D eigenvalue weighted by Gasteiger charge is 2.29. The van der Waals surface area contributed by atoms with Gasteiger partial charge < -0.3 is 4.74 Å². The molecule has 20 heavy (non-hydrogen) atoms. The van der Waals surface area contributed by atoms with Gasteiger partial charge in [0.1, 0.15) is 5.75 Å². The molecular formula is C17H24Br2O. The van der Waals surface area contributed by atoms with Crippen molar-refractivity contribution in [1.82, 2.24) is 0 Å². The van der Waals surface area contributed by atoms with Gasteiger partial charge in [0, 0.05) is 14.9 Å². The quantitative estimate of drug-likeness (QED) is 0.535. The van der Waals surface area contributed by atoms with E-state index >= 15 is 0 Å². The number of ether oxygens (including phenoxy) is 1. The molecule has 0 heterocycles. The molecule has 0 aliphatic heterocycles. The van der Waals surface area contributed by atoms with Gasteiger partial charge in [-0.25, -0.2) is 0 Å². The van der Waals surface area contributed by atoms with Crippen molar-refractivity contribution in [3.8, 4) is 5.75 Å². The first-order chi connectivity index (χ1) is 9.45. The third kappa shape index (κ3) is 3.24. The minimum atomic E-state index is 0.390. The van der Waals surface area contributed by atoms with Crippen LogP contribution in [-0.2, 0) is 0 Å². The zero-order chi connectivity index (χ0) is 14.9. The molecule has 1 aliphatic rings. The Morgan fingerprint density at radius 3 is 2.35 bits per heavy atom. The standard InChI is InChI=1S/C17H24Br2O/c1-10-5-7-13(8-6-10)16(19)15-12(3)14(18)9-11(2)17(15)20-4/h9-10,13,16H,5-8H2,1-4H3. The van der Waals surface area contributed by atoms with E-state index in [0.717, 1.165) is 11.7 Å². The van der Waals surface area contributed by atoms with Crippen LogP contribution >= 0.6 is 31.9 Å². The van der Waals surface area contributed by atoms with Crippen LogP contribution in [0.15, 0.2) is 10.5 Å². The van der Waals surface area contributed by atoms with Crippen LogP contribution < -0.4 is 4.74 Å². The Morgan fingerprint density at radius 2 is 1.80 bits per heavy atom. The smallest absolute Gasteiger partial charge is 0.126 e. The Labute approximate surface area is 139 Å². The molecule has 1 nitrogen and oxygen atoms in total. The molecule has 1 aromatic rings. The van der Waals surface area contributed by atoms with Crippen LogP contribution in [0.25, 0.3) is 0 Å². The maximum absolute atomic E-state index is 5.69. The fourth-order valence-electron chi connectivity index (χ4n) is 3.29. The fourth-order valence-corrected chi connectivity index (χ4v) is 4.93. The van der Waals surface area contributed by atoms with E-state index in [0.29, 0.717) is 10.7 Å². The second-order valence-electron chi connectivity index (χ2n) is 6.17. The third-order valence-corrected chi connectivity index (χ3v) is 6.69. The first-order valence-corrected chi connectivity index (χ1v) is 9.14. The van der Waals surface area contributed by atoms with E-state index < -0.39 is 0 Å². The van der Waals surface area contributed by atoms with Gasteiger partial charge in [0.2, 0.25) is 0 Å². The van der Waals surface area contributed by atoms with Gasteiger partial charge in [-0.2, -0.15) is 0 Å². The first kappa shape index (κ1) is 16.4. The SMILES string of the molecule is COc1c(C)cc(Br)c(C)c1C(Br)C1CCC(C)CC1. The molecule has 0 N–H and O–H groups in total. The number of benzene rings is 1. The molecule has 1 aliphatic carbocycles. The first-order valence-electron chi connectivity index (χ1n) is 7.43. The molecule has 1 unspecified atom stereocenters. The van der Waals surface area contributed by atoms with Gasteiger partial charge in [-0.3, -0.25) is 0 Å². The van der Waals surface area contributed by atoms with Gasteiger partial charge in [0.25, 0.3) is 0 Å². The Kier molecular flexibility index (Phi) is 5.58. The van der Waals surface area contributed by atoms with E-state index in [4.69, 9.17) is 4.74 Å². The molecule has 0 saturated heterocycles. The monoisotopic (exact) mass is 402 g/mol. The van der Waals surface area contributed by atoms with Crippen molar-refractivity contribution in [2.75, 3.05) is 7.11 Å². The van der Waals surface area contributed by atoms with E-state index in [1.54, 1.807) is 7.11 Å². The predicted molar refractivity (Wildman–Crippen MR) is 93.0 cm³/mol. The number of hydrogen-bond acceptors (Lipinski definition) is 1. The number of aryl methyl sites for hydroxylation is 1. The minimum absolute atomic E-state index is 0.390. The Morgan fingerprint density at radius 1 is 1.20 bits per heavy atom. The van der Waals surface area contributed by atoms with E-state index in [9.17, 15) is 0 Å². The van der Waals surface area contributed by atoms with Crippen molar-refractivity contribution >= 4 is 31.9 Å². The number of methoxy groups -OCH3 is 1. The maximum Gasteiger partial charge on any atom is 0.126 e. The van der Waals surface area contributed by atoms with Gasteiger partial charge in [-0.05, 0) is 55.7 Å². The number of rotatable bonds is 3. The Balaban J connectivity index is 2.35. The summed E-state index contributed by atoms with van der Waals surface area (Å²) in [5.41, 5.74) is 3.83. The van der Waals surface area contributed by atoms with Crippen molar-refractivity contribution in [2.24, 2.45) is 11.8 Å². The molecule has 1 atom stereocenters. The molecule has 112 valence electrons. The molecule has 0 amide bonds. The molecule has 0 spiro atoms. The van der Waals surface area contributed by atoms with Gasteiger partial charge in [-0.1, -0.05) is 51.6 Å². The normalized spacial score (nSPS) is 24.5. The average Bonchev–Trinajstić information content (AvgIpc) is 2.42. The topological polar surface area (TPSA) is 9.23 Å². The Bertz CT molecular complexity index is 476. The zero-order valence-corrected chi connectivity index (χ0v) is 16.0. The van der Waals surface area contributed by atoms with E-state index in [-0.39, 0.29) is 0 Å². The lowest BCUT2D eigenvalue weighted by atomic mass is 9.79. The molecule has 3 heteroatoms. The predicted octanol–water partition coefficient (Wildman–Crippen LogP) is 6.34. The van der Waals surface area contributed by atoms with Crippen LogP contribution in [0.3, 0.4) is 0 Å². The van der Waals surface area contributed by atoms with Crippen LogP contribution in [0.5, 0.6) is 5.75 Å². The summed E-state index contributed by atoms with van der Waals surface area (Å²) >= 11 is 7.66. The molecule has 1 fully saturated rings. The lowest BCUT2D eigenvalue weighted by Crippen LogP contribution is -2.17. The van der Waals surface area contributed by atoms with Crippen molar-refractivity contribution in [1.29, 1.82) is 0 Å². The van der Waals surface area contributed by atoms with Crippen LogP contribution in [0.1, 0.15) is 54.1 Å². The van der Waals surface area contributed by atoms with Crippen LogP contribution in [0.4, 0.5) is 0 Å². The van der Waals surface area contributed by atoms with Crippen molar-refractivity contribution in [3.63, 3.8) is 0 Å². The molecule has 1 aromatic carbocycles. The van der Waals surface area contributed by atoms with Gasteiger partial charge in [0.05, 0.1) is 7.11 Å². The highest BCUT2D eigenvalue weighted by Crippen LogP contribution is 2.47. The van der Waals surface area contributed by atoms with E-state index in [2.05, 4.69) is 58.7 Å². The van der Waals surface area contributed by atoms with Crippen molar-refractivity contribution < 1.29 is 4.74 Å². The zero-order valence-electron chi connectivity index (χ0n) is 12.8. The summed E-state index contributed by atoms with van der Waals surface area (Å²) in [4.78, 5) is 0.390. The van der Waals surface area contributed by atoms with Gasteiger partial charge >= 0.3 is 0 Å². The van der Waals surface area contributed by atoms with Crippen molar-refractivity contribution in [2.45, 2.75) is 51.3 Å². The van der Waals surface area contributed by atoms with Gasteiger partial charge in [0.15, 0.2) is 0 Å². The van der Waals surface area contributed by atoms with Crippen molar-refractivity contribution in [3.05, 3.63) is 27.2 Å². The summed E-state index contributed by atoms with van der Waals surface area (Å²) in [7, 11) is 1.78. The van der Waals surface area contributed by atoms with E-state index in [1.807, 2.05) is 0 Å². The molecule has 1 saturated carbocycles. The van der Waals surface area contributed by atoms with Crippen LogP contribution in [0.2, 0.25) is 0 Å². The highest BCUT2D eigenvalue weighted by atomic mass is 79.9. The largest absolute Gasteiger partial charge is 0.496 e. The summed E-state index contributed by atoms with van der Waals surface area (Å²) in [5.74, 6) is 2.65. The average molecular weight is 404 g/mol. The second kappa shape index (κ2) is 6.83. The summed E-state index contributed by atoms with van der Waals surface area (Å²) in [6.07, 6.45) is 5.32. The van der Waals surface area contributed by atoms with Crippen LogP contribution in [0, 0.1) is 25.7 Å². The molecule has 0 radical (unpaired) electrons. The molecule has 0 bridgehead atoms. The molecule has 0 aromatic heterocycles. The summed E-state index contributed by atoms with van der Waals surface area (Å²) in [6, 6.07) is 2.15. The summed E-state index contributed by atoms with van der Waals surface area (Å²) in [5, 5.41) is 0. The summed E-state index contributed by atoms with van der Waals surface area (Å²) < 4.78 is 6.87.